The molecule has 9 rings (SSSR count). The van der Waals surface area contributed by atoms with Crippen LogP contribution in [0, 0.1) is 22.6 Å². The Hall–Kier alpha value is -5.22. The molecule has 6 bridgehead atoms. The van der Waals surface area contributed by atoms with E-state index < -0.39 is 71.4 Å². The Bertz CT molecular complexity index is 2740. The quantitative estimate of drug-likeness (QED) is 0.121. The lowest BCUT2D eigenvalue weighted by Gasteiger charge is -2.47. The van der Waals surface area contributed by atoms with Gasteiger partial charge >= 0.3 is 12.1 Å². The summed E-state index contributed by atoms with van der Waals surface area (Å²) < 4.78 is 75.1. The summed E-state index contributed by atoms with van der Waals surface area (Å²) in [5.74, 6) is -2.82. The maximum absolute atomic E-state index is 17.0. The highest BCUT2D eigenvalue weighted by Gasteiger charge is 2.48. The number of carbonyl (C=O) groups is 4. The van der Waals surface area contributed by atoms with Crippen molar-refractivity contribution in [3.05, 3.63) is 51.9 Å². The first-order chi connectivity index (χ1) is 35.2. The van der Waals surface area contributed by atoms with E-state index in [2.05, 4.69) is 25.9 Å². The number of hydrazine groups is 1. The third-order valence-electron chi connectivity index (χ3n) is 15.7. The van der Waals surface area contributed by atoms with Gasteiger partial charge in [-0.2, -0.15) is 13.2 Å². The molecule has 5 aliphatic rings. The van der Waals surface area contributed by atoms with E-state index in [-0.39, 0.29) is 60.3 Å². The van der Waals surface area contributed by atoms with Crippen LogP contribution in [-0.2, 0) is 48.0 Å². The first-order valence-corrected chi connectivity index (χ1v) is 26.9. The number of ether oxygens (including phenoxy) is 2. The van der Waals surface area contributed by atoms with Crippen LogP contribution < -0.4 is 21.0 Å². The van der Waals surface area contributed by atoms with Crippen LogP contribution in [0.15, 0.2) is 29.8 Å². The van der Waals surface area contributed by atoms with E-state index in [0.29, 0.717) is 85.6 Å². The second-order valence-corrected chi connectivity index (χ2v) is 23.1. The Morgan fingerprint density at radius 1 is 1.00 bits per heavy atom. The molecule has 3 N–H and O–H groups in total. The van der Waals surface area contributed by atoms with Gasteiger partial charge in [-0.25, -0.2) is 14.8 Å². The van der Waals surface area contributed by atoms with Gasteiger partial charge in [0.05, 0.1) is 57.6 Å². The zero-order chi connectivity index (χ0) is 52.9. The number of piperidine rings is 2. The number of benzene rings is 1. The van der Waals surface area contributed by atoms with Crippen LogP contribution in [0.25, 0.3) is 33.4 Å². The van der Waals surface area contributed by atoms with Crippen molar-refractivity contribution in [1.82, 2.24) is 45.4 Å². The molecule has 1 aromatic carbocycles. The molecule has 3 aromatic heterocycles. The number of fused-ring (bicyclic) bond motifs is 6. The average Bonchev–Trinajstić information content (AvgIpc) is 3.94. The van der Waals surface area contributed by atoms with Gasteiger partial charge in [-0.05, 0) is 102 Å². The van der Waals surface area contributed by atoms with Crippen LogP contribution in [-0.4, -0.2) is 150 Å². The average molecular weight is 1050 g/mol. The normalized spacial score (nSPS) is 23.0. The van der Waals surface area contributed by atoms with E-state index in [0.717, 1.165) is 53.6 Å². The second kappa shape index (κ2) is 21.4. The number of carbonyl (C=O) groups excluding carboxylic acids is 4. The molecule has 0 saturated carbocycles. The number of hydrogen-bond acceptors (Lipinski definition) is 13. The number of halogens is 4. The molecular formula is C53H70F4N10O6S. The summed E-state index contributed by atoms with van der Waals surface area (Å²) in [4.78, 5) is 73.7. The lowest BCUT2D eigenvalue weighted by molar-refractivity contribution is -0.157. The Balaban J connectivity index is 1.16. The van der Waals surface area contributed by atoms with Gasteiger partial charge in [0.25, 0.3) is 5.91 Å². The predicted octanol–water partition coefficient (Wildman–Crippen LogP) is 6.65. The minimum absolute atomic E-state index is 0.00471. The summed E-state index contributed by atoms with van der Waals surface area (Å²) in [5, 5.41) is 10.0. The van der Waals surface area contributed by atoms with Crippen molar-refractivity contribution in [2.75, 3.05) is 78.0 Å². The Labute approximate surface area is 433 Å². The third kappa shape index (κ3) is 11.0. The largest absolute Gasteiger partial charge is 0.464 e. The summed E-state index contributed by atoms with van der Waals surface area (Å²) >= 11 is 1.15. The number of amides is 3. The fourth-order valence-electron chi connectivity index (χ4n) is 11.7. The van der Waals surface area contributed by atoms with Crippen molar-refractivity contribution in [2.45, 2.75) is 123 Å². The van der Waals surface area contributed by atoms with Gasteiger partial charge in [-0.15, -0.1) is 11.3 Å². The summed E-state index contributed by atoms with van der Waals surface area (Å²) in [6.07, 6.45) is -0.0696. The van der Waals surface area contributed by atoms with Gasteiger partial charge in [0.1, 0.15) is 30.5 Å². The van der Waals surface area contributed by atoms with Crippen LogP contribution in [0.2, 0.25) is 0 Å². The number of likely N-dealkylation sites (N-methyl/N-ethyl adjacent to an activating group) is 1. The standard InChI is InChI=1S/C53H70F4N10O6S/c1-31(2)45(65-16-9-11-52(50(65)71)12-14-58-15-13-52)47(68)61-40-25-43-60-41(28-74-43)35-23-34-37(26-51(4,5)30-73-49(70)39-10-8-17-67(62-39)48(40)69)46(66(29-53(55,56)57)42(34)24-38(35)54)36-22-33(27-59-44(36)32(3)72-7)64-20-18-63(6)19-21-64/h22-24,27-28,31-32,39-40,45,58,62H,8-21,25-26,29-30H2,1-7H3,(H,61,68)/t32-,39-,40-,45-/m0/s1. The monoisotopic (exact) mass is 1050 g/mol. The molecule has 1 spiro atoms. The predicted molar refractivity (Wildman–Crippen MR) is 273 cm³/mol. The van der Waals surface area contributed by atoms with Crippen molar-refractivity contribution in [2.24, 2.45) is 16.7 Å². The lowest BCUT2D eigenvalue weighted by atomic mass is 9.71. The molecule has 4 aromatic rings. The fourth-order valence-corrected chi connectivity index (χ4v) is 12.5. The van der Waals surface area contributed by atoms with Crippen molar-refractivity contribution >= 4 is 51.6 Å². The van der Waals surface area contributed by atoms with Gasteiger partial charge in [-0.1, -0.05) is 27.7 Å². The number of piperazine rings is 1. The van der Waals surface area contributed by atoms with Crippen LogP contribution in [0.3, 0.4) is 0 Å². The lowest BCUT2D eigenvalue weighted by Crippen LogP contribution is -2.64. The van der Waals surface area contributed by atoms with Gasteiger partial charge in [0, 0.05) is 80.1 Å². The maximum atomic E-state index is 17.0. The summed E-state index contributed by atoms with van der Waals surface area (Å²) in [7, 11) is 3.54. The number of hydrogen-bond donors (Lipinski definition) is 3. The maximum Gasteiger partial charge on any atom is 0.406 e. The fraction of sp³-hybridized carbons (Fsp3) is 0.623. The van der Waals surface area contributed by atoms with Gasteiger partial charge < -0.3 is 39.4 Å². The smallest absolute Gasteiger partial charge is 0.406 e. The number of thiazole rings is 1. The summed E-state index contributed by atoms with van der Waals surface area (Å²) in [6.45, 7) is 12.6. The van der Waals surface area contributed by atoms with Gasteiger partial charge in [0.2, 0.25) is 11.8 Å². The second-order valence-electron chi connectivity index (χ2n) is 22.1. The number of methoxy groups -OCH3 is 1. The topological polar surface area (TPSA) is 166 Å². The van der Waals surface area contributed by atoms with E-state index in [4.69, 9.17) is 19.4 Å². The van der Waals surface area contributed by atoms with E-state index in [1.807, 2.05) is 40.8 Å². The van der Waals surface area contributed by atoms with Crippen molar-refractivity contribution in [3.8, 4) is 22.5 Å². The molecule has 3 amide bonds. The Morgan fingerprint density at radius 3 is 2.45 bits per heavy atom. The first kappa shape index (κ1) is 53.6. The van der Waals surface area contributed by atoms with E-state index in [1.54, 1.807) is 29.5 Å². The van der Waals surface area contributed by atoms with Crippen LogP contribution in [0.1, 0.15) is 95.5 Å². The number of likely N-dealkylation sites (tertiary alicyclic amines) is 1. The number of cyclic esters (lactones) is 1. The Kier molecular flexibility index (Phi) is 15.5. The van der Waals surface area contributed by atoms with Gasteiger partial charge in [-0.3, -0.25) is 29.2 Å². The van der Waals surface area contributed by atoms with E-state index in [9.17, 15) is 19.2 Å². The minimum Gasteiger partial charge on any atom is -0.464 e. The van der Waals surface area contributed by atoms with E-state index in [1.165, 1.54) is 12.1 Å². The van der Waals surface area contributed by atoms with Crippen molar-refractivity contribution in [3.63, 3.8) is 0 Å². The molecule has 16 nitrogen and oxygen atoms in total. The molecule has 21 heteroatoms. The van der Waals surface area contributed by atoms with Crippen LogP contribution in [0.5, 0.6) is 0 Å². The highest BCUT2D eigenvalue weighted by molar-refractivity contribution is 7.10. The van der Waals surface area contributed by atoms with Crippen LogP contribution >= 0.6 is 11.3 Å². The van der Waals surface area contributed by atoms with E-state index >= 15 is 17.6 Å². The molecule has 5 aliphatic heterocycles. The molecule has 4 fully saturated rings. The number of pyridine rings is 1. The number of nitrogens with zero attached hydrogens (tertiary/aromatic N) is 7. The molecule has 74 heavy (non-hydrogen) atoms. The number of aromatic nitrogens is 3. The molecule has 402 valence electrons. The Morgan fingerprint density at radius 2 is 1.74 bits per heavy atom. The number of esters is 1. The zero-order valence-corrected chi connectivity index (χ0v) is 44.3. The van der Waals surface area contributed by atoms with Crippen LogP contribution in [0.4, 0.5) is 23.2 Å². The molecular weight excluding hydrogens is 981 g/mol. The summed E-state index contributed by atoms with van der Waals surface area (Å²) in [6, 6.07) is 1.48. The molecule has 4 atom stereocenters. The minimum atomic E-state index is -4.73. The molecule has 0 aliphatic carbocycles. The molecule has 0 unspecified atom stereocenters. The SMILES string of the molecule is CO[C@@H](C)c1ncc(N2CCN(C)CC2)cc1-c1c2c3cc(c(F)cc3n1CC(F)(F)F)-c1csc(n1)C[C@H](NC(=O)[C@H](C(C)C)N1CCCC3(CCNCC3)C1=O)C(=O)N1CCC[C@H](N1)C(=O)OCC(C)(C)C2. The number of alkyl halides is 3. The van der Waals surface area contributed by atoms with Crippen molar-refractivity contribution in [1.29, 1.82) is 0 Å². The highest BCUT2D eigenvalue weighted by Crippen LogP contribution is 2.45. The molecule has 4 saturated heterocycles. The van der Waals surface area contributed by atoms with Crippen molar-refractivity contribution < 1.29 is 46.2 Å². The number of nitrogens with one attached hydrogen (secondary N) is 3. The molecule has 8 heterocycles. The molecule has 0 radical (unpaired) electrons. The number of anilines is 1. The number of rotatable bonds is 9. The first-order valence-electron chi connectivity index (χ1n) is 26.0. The third-order valence-corrected chi connectivity index (χ3v) is 16.6. The van der Waals surface area contributed by atoms with Gasteiger partial charge in [0.15, 0.2) is 0 Å². The highest BCUT2D eigenvalue weighted by atomic mass is 32.1. The zero-order valence-electron chi connectivity index (χ0n) is 43.5. The summed E-state index contributed by atoms with van der Waals surface area (Å²) in [5.41, 5.74) is 4.03.